The molecule has 0 spiro atoms. The quantitative estimate of drug-likeness (QED) is 0.389. The molecule has 4 saturated carbocycles. The normalized spacial score (nSPS) is 44.0. The summed E-state index contributed by atoms with van der Waals surface area (Å²) >= 11 is 0. The molecule has 1 aromatic carbocycles. The van der Waals surface area contributed by atoms with Gasteiger partial charge in [-0.2, -0.15) is 0 Å². The maximum absolute atomic E-state index is 12.6. The number of carbonyl (C=O) groups excluding carboxylic acids is 2. The van der Waals surface area contributed by atoms with Gasteiger partial charge in [-0.1, -0.05) is 39.0 Å². The van der Waals surface area contributed by atoms with Crippen molar-refractivity contribution in [3.8, 4) is 0 Å². The lowest BCUT2D eigenvalue weighted by Gasteiger charge is -2.61. The van der Waals surface area contributed by atoms with Crippen LogP contribution in [0.4, 0.5) is 0 Å². The second kappa shape index (κ2) is 8.29. The molecule has 0 radical (unpaired) electrons. The third-order valence-electron chi connectivity index (χ3n) is 10.8. The summed E-state index contributed by atoms with van der Waals surface area (Å²) in [5, 5.41) is 0. The number of fused-ring (bicyclic) bond motifs is 5. The zero-order valence-corrected chi connectivity index (χ0v) is 20.1. The Morgan fingerprint density at radius 1 is 0.969 bits per heavy atom. The Balaban J connectivity index is 1.28. The van der Waals surface area contributed by atoms with Crippen molar-refractivity contribution in [2.75, 3.05) is 0 Å². The van der Waals surface area contributed by atoms with E-state index in [2.05, 4.69) is 20.8 Å². The lowest BCUT2D eigenvalue weighted by Crippen LogP contribution is -2.54. The van der Waals surface area contributed by atoms with Crippen LogP contribution in [0.25, 0.3) is 0 Å². The summed E-state index contributed by atoms with van der Waals surface area (Å²) in [6, 6.07) is 9.43. The van der Waals surface area contributed by atoms with Gasteiger partial charge >= 0.3 is 5.97 Å². The van der Waals surface area contributed by atoms with Crippen molar-refractivity contribution in [2.45, 2.75) is 84.7 Å². The van der Waals surface area contributed by atoms with Gasteiger partial charge in [0, 0.05) is 5.92 Å². The van der Waals surface area contributed by atoms with Crippen LogP contribution in [0.3, 0.4) is 0 Å². The highest BCUT2D eigenvalue weighted by atomic mass is 16.5. The molecule has 4 fully saturated rings. The van der Waals surface area contributed by atoms with Crippen molar-refractivity contribution < 1.29 is 14.3 Å². The molecule has 0 aromatic heterocycles. The molecule has 4 aliphatic carbocycles. The van der Waals surface area contributed by atoms with Gasteiger partial charge in [-0.15, -0.1) is 0 Å². The standard InChI is InChI=1S/C29H40O3/c1-19(18-30)24-11-12-25-23-10-9-21-17-22(32-27(31)20-7-5-4-6-8-20)13-15-28(21,2)26(23)14-16-29(24,25)3/h4-8,18-19,21-26H,9-17H2,1-3H3/t19?,21?,22?,23-,24+,25-,26-,28-,29+/m0/s1. The maximum atomic E-state index is 12.6. The molecular weight excluding hydrogens is 396 g/mol. The van der Waals surface area contributed by atoms with Crippen LogP contribution < -0.4 is 0 Å². The zero-order valence-electron chi connectivity index (χ0n) is 20.1. The first-order valence-electron chi connectivity index (χ1n) is 13.1. The van der Waals surface area contributed by atoms with E-state index in [0.717, 1.165) is 30.6 Å². The Bertz CT molecular complexity index is 849. The number of hydrogen-bond donors (Lipinski definition) is 0. The smallest absolute Gasteiger partial charge is 0.338 e. The molecule has 9 atom stereocenters. The van der Waals surface area contributed by atoms with Crippen LogP contribution in [0.15, 0.2) is 30.3 Å². The van der Waals surface area contributed by atoms with Crippen LogP contribution in [0.5, 0.6) is 0 Å². The number of aldehydes is 1. The largest absolute Gasteiger partial charge is 0.459 e. The molecule has 174 valence electrons. The van der Waals surface area contributed by atoms with Crippen LogP contribution >= 0.6 is 0 Å². The van der Waals surface area contributed by atoms with Gasteiger partial charge in [0.1, 0.15) is 12.4 Å². The van der Waals surface area contributed by atoms with Crippen LogP contribution in [0, 0.1) is 46.3 Å². The van der Waals surface area contributed by atoms with Gasteiger partial charge in [0.25, 0.3) is 0 Å². The number of carbonyl (C=O) groups is 2. The fraction of sp³-hybridized carbons (Fsp3) is 0.724. The van der Waals surface area contributed by atoms with E-state index in [9.17, 15) is 9.59 Å². The summed E-state index contributed by atoms with van der Waals surface area (Å²) < 4.78 is 5.97. The minimum Gasteiger partial charge on any atom is -0.459 e. The minimum absolute atomic E-state index is 0.0653. The van der Waals surface area contributed by atoms with Crippen molar-refractivity contribution >= 4 is 12.3 Å². The van der Waals surface area contributed by atoms with E-state index in [1.165, 1.54) is 51.2 Å². The third-order valence-corrected chi connectivity index (χ3v) is 10.8. The summed E-state index contributed by atoms with van der Waals surface area (Å²) in [6.07, 6.45) is 12.3. The van der Waals surface area contributed by atoms with Crippen LogP contribution in [0.1, 0.15) is 88.9 Å². The molecule has 3 nitrogen and oxygen atoms in total. The number of hydrogen-bond acceptors (Lipinski definition) is 3. The molecule has 4 aliphatic rings. The average Bonchev–Trinajstić information content (AvgIpc) is 3.16. The average molecular weight is 437 g/mol. The molecule has 0 amide bonds. The van der Waals surface area contributed by atoms with E-state index in [0.29, 0.717) is 28.2 Å². The summed E-state index contributed by atoms with van der Waals surface area (Å²) in [7, 11) is 0. The first kappa shape index (κ1) is 22.2. The molecule has 0 N–H and O–H groups in total. The zero-order chi connectivity index (χ0) is 22.5. The van der Waals surface area contributed by atoms with Crippen molar-refractivity contribution in [2.24, 2.45) is 46.3 Å². The molecular formula is C29H40O3. The lowest BCUT2D eigenvalue weighted by molar-refractivity contribution is -0.133. The van der Waals surface area contributed by atoms with Gasteiger partial charge in [-0.3, -0.25) is 0 Å². The van der Waals surface area contributed by atoms with Gasteiger partial charge < -0.3 is 9.53 Å². The van der Waals surface area contributed by atoms with Crippen molar-refractivity contribution in [1.29, 1.82) is 0 Å². The van der Waals surface area contributed by atoms with Gasteiger partial charge in [-0.25, -0.2) is 4.79 Å². The van der Waals surface area contributed by atoms with E-state index in [-0.39, 0.29) is 18.0 Å². The van der Waals surface area contributed by atoms with Crippen molar-refractivity contribution in [3.05, 3.63) is 35.9 Å². The predicted octanol–water partition coefficient (Wildman–Crippen LogP) is 6.71. The Morgan fingerprint density at radius 3 is 2.44 bits per heavy atom. The molecule has 1 aromatic rings. The molecule has 0 bridgehead atoms. The van der Waals surface area contributed by atoms with Gasteiger partial charge in [0.15, 0.2) is 0 Å². The van der Waals surface area contributed by atoms with Gasteiger partial charge in [-0.05, 0) is 110 Å². The fourth-order valence-electron chi connectivity index (χ4n) is 9.12. The lowest BCUT2D eigenvalue weighted by atomic mass is 9.44. The molecule has 0 heterocycles. The van der Waals surface area contributed by atoms with Gasteiger partial charge in [0.05, 0.1) is 5.56 Å². The van der Waals surface area contributed by atoms with Crippen LogP contribution in [-0.4, -0.2) is 18.4 Å². The number of benzene rings is 1. The molecule has 3 unspecified atom stereocenters. The Hall–Kier alpha value is -1.64. The van der Waals surface area contributed by atoms with Crippen molar-refractivity contribution in [3.63, 3.8) is 0 Å². The first-order valence-corrected chi connectivity index (χ1v) is 13.1. The molecule has 32 heavy (non-hydrogen) atoms. The first-order chi connectivity index (χ1) is 15.4. The second-order valence-electron chi connectivity index (χ2n) is 12.0. The van der Waals surface area contributed by atoms with Crippen LogP contribution in [0.2, 0.25) is 0 Å². The summed E-state index contributed by atoms with van der Waals surface area (Å²) in [5.74, 6) is 3.69. The van der Waals surface area contributed by atoms with E-state index < -0.39 is 0 Å². The molecule has 3 heteroatoms. The highest BCUT2D eigenvalue weighted by molar-refractivity contribution is 5.89. The summed E-state index contributed by atoms with van der Waals surface area (Å²) in [6.45, 7) is 7.22. The third kappa shape index (κ3) is 3.46. The monoisotopic (exact) mass is 436 g/mol. The van der Waals surface area contributed by atoms with E-state index in [4.69, 9.17) is 4.74 Å². The van der Waals surface area contributed by atoms with E-state index >= 15 is 0 Å². The number of ether oxygens (including phenoxy) is 1. The predicted molar refractivity (Wildman–Crippen MR) is 126 cm³/mol. The topological polar surface area (TPSA) is 43.4 Å². The second-order valence-corrected chi connectivity index (χ2v) is 12.0. The maximum Gasteiger partial charge on any atom is 0.338 e. The fourth-order valence-corrected chi connectivity index (χ4v) is 9.12. The molecule has 0 aliphatic heterocycles. The van der Waals surface area contributed by atoms with Gasteiger partial charge in [0.2, 0.25) is 0 Å². The Morgan fingerprint density at radius 2 is 1.69 bits per heavy atom. The number of rotatable bonds is 4. The van der Waals surface area contributed by atoms with Crippen molar-refractivity contribution in [1.82, 2.24) is 0 Å². The SMILES string of the molecule is CC(C=O)[C@H]1CC[C@H]2[C@@H]3CCC4CC(OC(=O)c5ccccc5)CC[C@]4(C)[C@H]3CC[C@]12C. The summed E-state index contributed by atoms with van der Waals surface area (Å²) in [5.41, 5.74) is 1.40. The molecule has 5 rings (SSSR count). The Labute approximate surface area is 193 Å². The van der Waals surface area contributed by atoms with E-state index in [1.54, 1.807) is 0 Å². The summed E-state index contributed by atoms with van der Waals surface area (Å²) in [4.78, 5) is 24.2. The minimum atomic E-state index is -0.164. The molecule has 0 saturated heterocycles. The van der Waals surface area contributed by atoms with E-state index in [1.807, 2.05) is 30.3 Å². The highest BCUT2D eigenvalue weighted by Gasteiger charge is 2.60. The van der Waals surface area contributed by atoms with Crippen LogP contribution in [-0.2, 0) is 9.53 Å². The number of esters is 1. The highest BCUT2D eigenvalue weighted by Crippen LogP contribution is 2.68. The Kier molecular flexibility index (Phi) is 5.75.